The number of methoxy groups -OCH3 is 1. The number of nitrogens with zero attached hydrogens (tertiary/aromatic N) is 1. The number of benzene rings is 1. The topological polar surface area (TPSA) is 61.8 Å². The maximum Gasteiger partial charge on any atom is 0.320 e. The summed E-state index contributed by atoms with van der Waals surface area (Å²) in [4.78, 5) is 13.5. The Balaban J connectivity index is 1.98. The lowest BCUT2D eigenvalue weighted by Crippen LogP contribution is -2.38. The Labute approximate surface area is 125 Å². The van der Waals surface area contributed by atoms with Crippen molar-refractivity contribution in [2.45, 2.75) is 25.8 Å². The van der Waals surface area contributed by atoms with Gasteiger partial charge in [-0.25, -0.2) is 0 Å². The normalized spacial score (nSPS) is 19.5. The first-order valence-corrected chi connectivity index (χ1v) is 7.49. The van der Waals surface area contributed by atoms with Crippen LogP contribution in [0.15, 0.2) is 24.3 Å². The van der Waals surface area contributed by atoms with E-state index >= 15 is 0 Å². The molecular formula is C16H24N2O3. The van der Waals surface area contributed by atoms with Gasteiger partial charge in [0.15, 0.2) is 0 Å². The third kappa shape index (κ3) is 3.88. The molecule has 5 heteroatoms. The van der Waals surface area contributed by atoms with E-state index in [0.29, 0.717) is 18.9 Å². The van der Waals surface area contributed by atoms with Crippen LogP contribution in [-0.4, -0.2) is 43.9 Å². The number of carboxylic acid groups (broad SMARTS) is 1. The molecule has 2 unspecified atom stereocenters. The van der Waals surface area contributed by atoms with Crippen LogP contribution in [0.3, 0.4) is 0 Å². The molecule has 0 saturated carbocycles. The minimum absolute atomic E-state index is 0.398. The average molecular weight is 292 g/mol. The lowest BCUT2D eigenvalue weighted by molar-refractivity contribution is -0.139. The average Bonchev–Trinajstić information content (AvgIpc) is 2.95. The van der Waals surface area contributed by atoms with Crippen molar-refractivity contribution in [3.05, 3.63) is 24.3 Å². The highest BCUT2D eigenvalue weighted by Gasteiger charge is 2.28. The van der Waals surface area contributed by atoms with Crippen molar-refractivity contribution in [2.75, 3.05) is 31.6 Å². The van der Waals surface area contributed by atoms with Crippen molar-refractivity contribution < 1.29 is 14.6 Å². The van der Waals surface area contributed by atoms with Crippen LogP contribution in [0.25, 0.3) is 0 Å². The maximum absolute atomic E-state index is 11.2. The number of carbonyl (C=O) groups is 1. The van der Waals surface area contributed by atoms with Crippen LogP contribution in [0.1, 0.15) is 19.8 Å². The Morgan fingerprint density at radius 3 is 2.95 bits per heavy atom. The van der Waals surface area contributed by atoms with Gasteiger partial charge in [-0.05, 0) is 37.4 Å². The summed E-state index contributed by atoms with van der Waals surface area (Å²) in [6.07, 6.45) is 1.70. The van der Waals surface area contributed by atoms with Crippen LogP contribution in [0.5, 0.6) is 5.75 Å². The van der Waals surface area contributed by atoms with Gasteiger partial charge in [0.1, 0.15) is 11.8 Å². The summed E-state index contributed by atoms with van der Waals surface area (Å²) in [6.45, 7) is 4.45. The van der Waals surface area contributed by atoms with Gasteiger partial charge in [-0.15, -0.1) is 0 Å². The van der Waals surface area contributed by atoms with Gasteiger partial charge in [-0.2, -0.15) is 0 Å². The second kappa shape index (κ2) is 7.31. The van der Waals surface area contributed by atoms with Crippen LogP contribution < -0.4 is 15.0 Å². The number of hydrogen-bond acceptors (Lipinski definition) is 4. The fourth-order valence-electron chi connectivity index (χ4n) is 2.99. The number of rotatable bonds is 7. The molecule has 1 aromatic rings. The number of ether oxygens (including phenoxy) is 1. The Morgan fingerprint density at radius 2 is 2.29 bits per heavy atom. The monoisotopic (exact) mass is 292 g/mol. The molecule has 0 aromatic heterocycles. The Kier molecular flexibility index (Phi) is 5.44. The zero-order valence-corrected chi connectivity index (χ0v) is 12.7. The minimum Gasteiger partial charge on any atom is -0.495 e. The molecule has 2 N–H and O–H groups in total. The van der Waals surface area contributed by atoms with Crippen LogP contribution in [0.4, 0.5) is 5.69 Å². The first-order chi connectivity index (χ1) is 10.2. The van der Waals surface area contributed by atoms with Crippen molar-refractivity contribution in [3.8, 4) is 5.75 Å². The first-order valence-electron chi connectivity index (χ1n) is 7.49. The number of aliphatic carboxylic acids is 1. The van der Waals surface area contributed by atoms with Crippen LogP contribution in [0, 0.1) is 5.92 Å². The molecule has 1 heterocycles. The third-order valence-corrected chi connectivity index (χ3v) is 4.03. The largest absolute Gasteiger partial charge is 0.495 e. The number of hydrogen-bond donors (Lipinski definition) is 2. The minimum atomic E-state index is -0.757. The van der Waals surface area contributed by atoms with E-state index in [0.717, 1.165) is 30.9 Å². The highest BCUT2D eigenvalue weighted by Crippen LogP contribution is 2.33. The number of nitrogens with one attached hydrogen (secondary N) is 1. The molecule has 116 valence electrons. The smallest absolute Gasteiger partial charge is 0.320 e. The van der Waals surface area contributed by atoms with E-state index in [-0.39, 0.29) is 0 Å². The highest BCUT2D eigenvalue weighted by atomic mass is 16.5. The molecule has 0 spiro atoms. The molecule has 0 amide bonds. The quantitative estimate of drug-likeness (QED) is 0.804. The predicted octanol–water partition coefficient (Wildman–Crippen LogP) is 1.97. The van der Waals surface area contributed by atoms with Gasteiger partial charge in [-0.3, -0.25) is 4.79 Å². The fraction of sp³-hybridized carbons (Fsp3) is 0.562. The molecule has 21 heavy (non-hydrogen) atoms. The van der Waals surface area contributed by atoms with Gasteiger partial charge < -0.3 is 20.1 Å². The lowest BCUT2D eigenvalue weighted by Gasteiger charge is -2.22. The summed E-state index contributed by atoms with van der Waals surface area (Å²) in [5.74, 6) is 0.516. The standard InChI is InChI=1S/C16H24N2O3/c1-3-17-13(16(19)20)10-12-8-9-18(11-12)14-6-4-5-7-15(14)21-2/h4-7,12-13,17H,3,8-11H2,1-2H3,(H,19,20). The number of para-hydroxylation sites is 2. The molecule has 1 aliphatic heterocycles. The summed E-state index contributed by atoms with van der Waals surface area (Å²) in [7, 11) is 1.68. The third-order valence-electron chi connectivity index (χ3n) is 4.03. The summed E-state index contributed by atoms with van der Waals surface area (Å²) in [5.41, 5.74) is 1.10. The zero-order valence-electron chi connectivity index (χ0n) is 12.7. The molecule has 0 radical (unpaired) electrons. The van der Waals surface area contributed by atoms with Crippen LogP contribution in [0.2, 0.25) is 0 Å². The molecule has 1 fully saturated rings. The Hall–Kier alpha value is -1.75. The number of anilines is 1. The van der Waals surface area contributed by atoms with Gasteiger partial charge in [-0.1, -0.05) is 19.1 Å². The van der Waals surface area contributed by atoms with Crippen LogP contribution >= 0.6 is 0 Å². The predicted molar refractivity (Wildman–Crippen MR) is 83.0 cm³/mol. The summed E-state index contributed by atoms with van der Waals surface area (Å²) >= 11 is 0. The molecule has 1 aliphatic rings. The lowest BCUT2D eigenvalue weighted by atomic mass is 9.99. The van der Waals surface area contributed by atoms with E-state index in [2.05, 4.69) is 16.3 Å². The Bertz CT molecular complexity index is 478. The first kappa shape index (κ1) is 15.6. The summed E-state index contributed by atoms with van der Waals surface area (Å²) < 4.78 is 5.40. The van der Waals surface area contributed by atoms with E-state index in [1.807, 2.05) is 25.1 Å². The molecule has 5 nitrogen and oxygen atoms in total. The van der Waals surface area contributed by atoms with Gasteiger partial charge >= 0.3 is 5.97 Å². The maximum atomic E-state index is 11.2. The van der Waals surface area contributed by atoms with Gasteiger partial charge in [0.25, 0.3) is 0 Å². The van der Waals surface area contributed by atoms with E-state index in [4.69, 9.17) is 4.74 Å². The van der Waals surface area contributed by atoms with E-state index in [1.54, 1.807) is 7.11 Å². The molecule has 2 atom stereocenters. The van der Waals surface area contributed by atoms with Crippen molar-refractivity contribution in [1.82, 2.24) is 5.32 Å². The molecule has 1 aromatic carbocycles. The molecule has 0 bridgehead atoms. The van der Waals surface area contributed by atoms with Gasteiger partial charge in [0.05, 0.1) is 12.8 Å². The van der Waals surface area contributed by atoms with Crippen molar-refractivity contribution in [1.29, 1.82) is 0 Å². The van der Waals surface area contributed by atoms with E-state index < -0.39 is 12.0 Å². The number of likely N-dealkylation sites (N-methyl/N-ethyl adjacent to an activating group) is 1. The second-order valence-corrected chi connectivity index (χ2v) is 5.46. The highest BCUT2D eigenvalue weighted by molar-refractivity contribution is 5.73. The molecule has 2 rings (SSSR count). The van der Waals surface area contributed by atoms with E-state index in [9.17, 15) is 9.90 Å². The molecular weight excluding hydrogens is 268 g/mol. The summed E-state index contributed by atoms with van der Waals surface area (Å²) in [5, 5.41) is 12.3. The van der Waals surface area contributed by atoms with Crippen molar-refractivity contribution >= 4 is 11.7 Å². The molecule has 1 saturated heterocycles. The van der Waals surface area contributed by atoms with Crippen LogP contribution in [-0.2, 0) is 4.79 Å². The van der Waals surface area contributed by atoms with Crippen molar-refractivity contribution in [3.63, 3.8) is 0 Å². The molecule has 0 aliphatic carbocycles. The fourth-order valence-corrected chi connectivity index (χ4v) is 2.99. The second-order valence-electron chi connectivity index (χ2n) is 5.46. The number of carboxylic acids is 1. The van der Waals surface area contributed by atoms with Crippen molar-refractivity contribution in [2.24, 2.45) is 5.92 Å². The zero-order chi connectivity index (χ0) is 15.2. The van der Waals surface area contributed by atoms with Gasteiger partial charge in [0, 0.05) is 13.1 Å². The summed E-state index contributed by atoms with van der Waals surface area (Å²) in [6, 6.07) is 7.53. The van der Waals surface area contributed by atoms with E-state index in [1.165, 1.54) is 0 Å². The SMILES string of the molecule is CCNC(CC1CCN(c2ccccc2OC)C1)C(=O)O. The van der Waals surface area contributed by atoms with Gasteiger partial charge in [0.2, 0.25) is 0 Å². The Morgan fingerprint density at radius 1 is 1.52 bits per heavy atom.